The maximum atomic E-state index is 12.3. The number of aromatic nitrogens is 2. The number of carbonyl (C=O) groups is 1. The first-order valence-corrected chi connectivity index (χ1v) is 8.74. The van der Waals surface area contributed by atoms with Crippen LogP contribution in [0.25, 0.3) is 0 Å². The van der Waals surface area contributed by atoms with Gasteiger partial charge in [0.25, 0.3) is 5.91 Å². The zero-order valence-corrected chi connectivity index (χ0v) is 15.5. The monoisotopic (exact) mass is 386 g/mol. The van der Waals surface area contributed by atoms with Gasteiger partial charge in [-0.15, -0.1) is 0 Å². The van der Waals surface area contributed by atoms with Crippen LogP contribution in [0.4, 0.5) is 17.3 Å². The lowest BCUT2D eigenvalue weighted by Crippen LogP contribution is -2.13. The van der Waals surface area contributed by atoms with E-state index in [-0.39, 0.29) is 5.91 Å². The Labute approximate surface area is 161 Å². The first-order valence-electron chi connectivity index (χ1n) is 7.99. The van der Waals surface area contributed by atoms with Gasteiger partial charge in [-0.2, -0.15) is 0 Å². The molecule has 2 aromatic carbocycles. The van der Waals surface area contributed by atoms with E-state index in [1.807, 2.05) is 24.3 Å². The number of carbonyl (C=O) groups excluding carboxylic acids is 1. The van der Waals surface area contributed by atoms with Crippen molar-refractivity contribution in [2.45, 2.75) is 13.3 Å². The summed E-state index contributed by atoms with van der Waals surface area (Å²) in [5.74, 6) is 0.0683. The van der Waals surface area contributed by atoms with Crippen molar-refractivity contribution in [2.24, 2.45) is 0 Å². The van der Waals surface area contributed by atoms with Crippen LogP contribution in [0, 0.1) is 0 Å². The Hall–Kier alpha value is -2.63. The number of nitrogens with one attached hydrogen (secondary N) is 2. The summed E-state index contributed by atoms with van der Waals surface area (Å²) < 4.78 is 0. The summed E-state index contributed by atoms with van der Waals surface area (Å²) in [5, 5.41) is 6.70. The Kier molecular flexibility index (Phi) is 5.71. The molecule has 0 saturated carbocycles. The van der Waals surface area contributed by atoms with Crippen molar-refractivity contribution in [1.29, 1.82) is 0 Å². The van der Waals surface area contributed by atoms with E-state index in [9.17, 15) is 4.79 Å². The zero-order chi connectivity index (χ0) is 18.5. The van der Waals surface area contributed by atoms with E-state index in [1.54, 1.807) is 18.2 Å². The smallest absolute Gasteiger partial charge is 0.258 e. The molecular formula is C19H16Cl2N4O. The Morgan fingerprint density at radius 3 is 2.15 bits per heavy atom. The van der Waals surface area contributed by atoms with Gasteiger partial charge in [0.05, 0.1) is 5.56 Å². The third-order valence-corrected chi connectivity index (χ3v) is 4.09. The van der Waals surface area contributed by atoms with Gasteiger partial charge in [0.15, 0.2) is 0 Å². The minimum absolute atomic E-state index is 0.327. The third-order valence-electron chi connectivity index (χ3n) is 3.65. The molecule has 0 aliphatic heterocycles. The summed E-state index contributed by atoms with van der Waals surface area (Å²) in [6.45, 7) is 2.10. The van der Waals surface area contributed by atoms with E-state index in [4.69, 9.17) is 23.2 Å². The molecule has 1 amide bonds. The average molecular weight is 387 g/mol. The zero-order valence-electron chi connectivity index (χ0n) is 14.0. The molecule has 2 N–H and O–H groups in total. The summed E-state index contributed by atoms with van der Waals surface area (Å²) >= 11 is 11.9. The van der Waals surface area contributed by atoms with Crippen molar-refractivity contribution in [1.82, 2.24) is 9.97 Å². The first kappa shape index (κ1) is 18.2. The number of rotatable bonds is 5. The minimum Gasteiger partial charge on any atom is -0.324 e. The van der Waals surface area contributed by atoms with Crippen LogP contribution in [0.1, 0.15) is 22.8 Å². The van der Waals surface area contributed by atoms with Gasteiger partial charge in [-0.25, -0.2) is 9.97 Å². The fraction of sp³-hybridized carbons (Fsp3) is 0.105. The Morgan fingerprint density at radius 2 is 1.58 bits per heavy atom. The number of halogens is 2. The summed E-state index contributed by atoms with van der Waals surface area (Å²) in [6.07, 6.45) is 3.90. The number of benzene rings is 2. The van der Waals surface area contributed by atoms with Crippen molar-refractivity contribution in [3.05, 3.63) is 76.0 Å². The molecule has 26 heavy (non-hydrogen) atoms. The van der Waals surface area contributed by atoms with Gasteiger partial charge in [-0.05, 0) is 42.3 Å². The van der Waals surface area contributed by atoms with Crippen LogP contribution < -0.4 is 10.6 Å². The highest BCUT2D eigenvalue weighted by molar-refractivity contribution is 6.35. The molecule has 0 aliphatic rings. The molecule has 0 bridgehead atoms. The quantitative estimate of drug-likeness (QED) is 0.620. The van der Waals surface area contributed by atoms with Crippen LogP contribution in [-0.4, -0.2) is 15.9 Å². The maximum Gasteiger partial charge on any atom is 0.258 e. The van der Waals surface area contributed by atoms with E-state index in [0.29, 0.717) is 27.2 Å². The number of nitrogens with zero attached hydrogens (tertiary/aromatic N) is 2. The lowest BCUT2D eigenvalue weighted by Gasteiger charge is -2.08. The third kappa shape index (κ3) is 4.71. The van der Waals surface area contributed by atoms with E-state index >= 15 is 0 Å². The van der Waals surface area contributed by atoms with Gasteiger partial charge in [0.1, 0.15) is 0 Å². The highest BCUT2D eigenvalue weighted by Gasteiger charge is 2.09. The fourth-order valence-corrected chi connectivity index (χ4v) is 2.82. The molecule has 0 spiro atoms. The Bertz CT molecular complexity index is 892. The second-order valence-corrected chi connectivity index (χ2v) is 6.46. The Balaban J connectivity index is 1.67. The Morgan fingerprint density at radius 1 is 0.962 bits per heavy atom. The number of anilines is 3. The molecule has 132 valence electrons. The predicted molar refractivity (Wildman–Crippen MR) is 106 cm³/mol. The van der Waals surface area contributed by atoms with Crippen molar-refractivity contribution >= 4 is 46.4 Å². The van der Waals surface area contributed by atoms with Gasteiger partial charge < -0.3 is 10.6 Å². The molecular weight excluding hydrogens is 371 g/mol. The molecule has 1 heterocycles. The summed E-state index contributed by atoms with van der Waals surface area (Å²) in [7, 11) is 0. The van der Waals surface area contributed by atoms with Crippen LogP contribution in [0.2, 0.25) is 10.0 Å². The molecule has 0 radical (unpaired) electrons. The lowest BCUT2D eigenvalue weighted by molar-refractivity contribution is 0.102. The highest BCUT2D eigenvalue weighted by Crippen LogP contribution is 2.23. The van der Waals surface area contributed by atoms with Gasteiger partial charge >= 0.3 is 0 Å². The SMILES string of the molecule is CCc1ccc(Nc2ncc(C(=O)Nc3cc(Cl)cc(Cl)c3)cn2)cc1. The number of hydrogen-bond acceptors (Lipinski definition) is 4. The van der Waals surface area contributed by atoms with E-state index in [2.05, 4.69) is 27.5 Å². The first-order chi connectivity index (χ1) is 12.5. The standard InChI is InChI=1S/C19H16Cl2N4O/c1-2-12-3-5-16(6-4-12)25-19-22-10-13(11-23-19)18(26)24-17-8-14(20)7-15(21)9-17/h3-11H,2H2,1H3,(H,24,26)(H,22,23,25). The minimum atomic E-state index is -0.345. The van der Waals surface area contributed by atoms with Crippen LogP contribution >= 0.6 is 23.2 Å². The van der Waals surface area contributed by atoms with Gasteiger partial charge in [-0.1, -0.05) is 42.3 Å². The van der Waals surface area contributed by atoms with Crippen LogP contribution in [0.3, 0.4) is 0 Å². The fourth-order valence-electron chi connectivity index (χ4n) is 2.29. The van der Waals surface area contributed by atoms with Crippen LogP contribution in [0.15, 0.2) is 54.9 Å². The molecule has 1 aromatic heterocycles. The van der Waals surface area contributed by atoms with Gasteiger partial charge in [0.2, 0.25) is 5.95 Å². The number of aryl methyl sites for hydroxylation is 1. The second kappa shape index (κ2) is 8.17. The topological polar surface area (TPSA) is 66.9 Å². The summed E-state index contributed by atoms with van der Waals surface area (Å²) in [4.78, 5) is 20.6. The van der Waals surface area contributed by atoms with E-state index in [1.165, 1.54) is 18.0 Å². The highest BCUT2D eigenvalue weighted by atomic mass is 35.5. The second-order valence-electron chi connectivity index (χ2n) is 5.58. The molecule has 3 aromatic rings. The molecule has 0 unspecified atom stereocenters. The van der Waals surface area contributed by atoms with Crippen LogP contribution in [0.5, 0.6) is 0 Å². The normalized spacial score (nSPS) is 10.4. The van der Waals surface area contributed by atoms with Crippen molar-refractivity contribution in [2.75, 3.05) is 10.6 Å². The van der Waals surface area contributed by atoms with Gasteiger partial charge in [-0.3, -0.25) is 4.79 Å². The van der Waals surface area contributed by atoms with E-state index in [0.717, 1.165) is 12.1 Å². The number of amides is 1. The molecule has 0 atom stereocenters. The predicted octanol–water partition coefficient (Wildman–Crippen LogP) is 5.34. The molecule has 7 heteroatoms. The molecule has 3 rings (SSSR count). The molecule has 5 nitrogen and oxygen atoms in total. The molecule has 0 saturated heterocycles. The van der Waals surface area contributed by atoms with Crippen molar-refractivity contribution in [3.8, 4) is 0 Å². The van der Waals surface area contributed by atoms with E-state index < -0.39 is 0 Å². The molecule has 0 fully saturated rings. The van der Waals surface area contributed by atoms with Crippen molar-refractivity contribution in [3.63, 3.8) is 0 Å². The van der Waals surface area contributed by atoms with Crippen LogP contribution in [-0.2, 0) is 6.42 Å². The summed E-state index contributed by atoms with van der Waals surface area (Å²) in [5.41, 5.74) is 2.97. The summed E-state index contributed by atoms with van der Waals surface area (Å²) in [6, 6.07) is 12.8. The lowest BCUT2D eigenvalue weighted by atomic mass is 10.1. The molecule has 0 aliphatic carbocycles. The average Bonchev–Trinajstić information content (AvgIpc) is 2.62. The maximum absolute atomic E-state index is 12.3. The number of hydrogen-bond donors (Lipinski definition) is 2. The largest absolute Gasteiger partial charge is 0.324 e. The van der Waals surface area contributed by atoms with Crippen molar-refractivity contribution < 1.29 is 4.79 Å². The van der Waals surface area contributed by atoms with Gasteiger partial charge in [0, 0.05) is 33.8 Å².